The number of hydrogen-bond acceptors (Lipinski definition) is 2. The molecule has 3 aliphatic rings. The fourth-order valence-electron chi connectivity index (χ4n) is 10.5. The molecule has 0 saturated heterocycles. The molecular formula is C54H37NO. The van der Waals surface area contributed by atoms with E-state index in [0.717, 1.165) is 39.7 Å². The summed E-state index contributed by atoms with van der Waals surface area (Å²) in [6.45, 7) is 4.72. The van der Waals surface area contributed by atoms with Crippen LogP contribution < -0.4 is 9.64 Å². The second-order valence-electron chi connectivity index (χ2n) is 16.0. The maximum absolute atomic E-state index is 6.93. The van der Waals surface area contributed by atoms with Gasteiger partial charge in [0.1, 0.15) is 11.5 Å². The maximum Gasteiger partial charge on any atom is 0.132 e. The molecule has 2 nitrogen and oxygen atoms in total. The third-order valence-corrected chi connectivity index (χ3v) is 12.9. The number of anilines is 3. The summed E-state index contributed by atoms with van der Waals surface area (Å²) in [5, 5.41) is 4.96. The first-order valence-corrected chi connectivity index (χ1v) is 19.6. The number of benzene rings is 9. The van der Waals surface area contributed by atoms with Crippen molar-refractivity contribution in [2.45, 2.75) is 24.7 Å². The zero-order valence-corrected chi connectivity index (χ0v) is 31.3. The van der Waals surface area contributed by atoms with Crippen molar-refractivity contribution in [1.82, 2.24) is 0 Å². The number of hydrogen-bond donors (Lipinski definition) is 0. The SMILES string of the molecule is CC1(C)c2ccccc2-c2ccc(N(c3ccc4c(c3)C3(c5ccccc5O4)c4ccccc4-c4cccc5cccc3c45)c3cccc4ccccc34)cc21. The Labute approximate surface area is 326 Å². The zero-order valence-electron chi connectivity index (χ0n) is 31.3. The topological polar surface area (TPSA) is 12.5 Å². The van der Waals surface area contributed by atoms with Gasteiger partial charge in [0, 0.05) is 33.3 Å². The van der Waals surface area contributed by atoms with Crippen molar-refractivity contribution in [1.29, 1.82) is 0 Å². The molecule has 0 amide bonds. The highest BCUT2D eigenvalue weighted by molar-refractivity contribution is 6.06. The first-order valence-electron chi connectivity index (χ1n) is 19.6. The molecular weight excluding hydrogens is 679 g/mol. The summed E-state index contributed by atoms with van der Waals surface area (Å²) in [4.78, 5) is 2.47. The van der Waals surface area contributed by atoms with Gasteiger partial charge in [0.25, 0.3) is 0 Å². The lowest BCUT2D eigenvalue weighted by Gasteiger charge is -2.45. The average Bonchev–Trinajstić information content (AvgIpc) is 3.48. The molecule has 12 rings (SSSR count). The van der Waals surface area contributed by atoms with E-state index in [9.17, 15) is 0 Å². The van der Waals surface area contributed by atoms with Gasteiger partial charge in [-0.2, -0.15) is 0 Å². The van der Waals surface area contributed by atoms with Crippen molar-refractivity contribution >= 4 is 38.6 Å². The Balaban J connectivity index is 1.17. The molecule has 264 valence electrons. The molecule has 0 bridgehead atoms. The standard InChI is InChI=1S/C54H37NO/c1-53(2)43-22-7-5-19-39(43)41-30-28-36(32-47(41)53)55(49-26-13-15-34-14-3-4-18-38(34)49)37-29-31-51-48(33-37)54(45-24-9-10-27-50(45)56-51)44-23-8-6-20-40(44)42-21-11-16-35-17-12-25-46(54)52(35)42/h3-33H,1-2H3. The largest absolute Gasteiger partial charge is 0.457 e. The van der Waals surface area contributed by atoms with Gasteiger partial charge in [-0.3, -0.25) is 0 Å². The van der Waals surface area contributed by atoms with Crippen molar-refractivity contribution in [2.24, 2.45) is 0 Å². The Hall–Kier alpha value is -6.90. The van der Waals surface area contributed by atoms with E-state index in [4.69, 9.17) is 4.74 Å². The molecule has 1 atom stereocenters. The van der Waals surface area contributed by atoms with Gasteiger partial charge in [0.2, 0.25) is 0 Å². The first kappa shape index (κ1) is 31.5. The predicted molar refractivity (Wildman–Crippen MR) is 231 cm³/mol. The quantitative estimate of drug-likeness (QED) is 0.181. The van der Waals surface area contributed by atoms with Crippen LogP contribution in [-0.2, 0) is 10.8 Å². The third kappa shape index (κ3) is 4.06. The Morgan fingerprint density at radius 3 is 1.80 bits per heavy atom. The molecule has 1 unspecified atom stereocenters. The molecule has 0 N–H and O–H groups in total. The van der Waals surface area contributed by atoms with Gasteiger partial charge in [0.15, 0.2) is 0 Å². The Bertz CT molecular complexity index is 3110. The molecule has 2 heteroatoms. The number of para-hydroxylation sites is 1. The highest BCUT2D eigenvalue weighted by atomic mass is 16.5. The Morgan fingerprint density at radius 1 is 0.393 bits per heavy atom. The first-order chi connectivity index (χ1) is 27.5. The molecule has 1 aliphatic heterocycles. The number of fused-ring (bicyclic) bond motifs is 12. The molecule has 1 heterocycles. The van der Waals surface area contributed by atoms with Crippen molar-refractivity contribution in [3.05, 3.63) is 221 Å². The number of ether oxygens (including phenoxy) is 1. The van der Waals surface area contributed by atoms with Crippen LogP contribution in [0, 0.1) is 0 Å². The summed E-state index contributed by atoms with van der Waals surface area (Å²) < 4.78 is 6.93. The van der Waals surface area contributed by atoms with Crippen molar-refractivity contribution < 1.29 is 4.74 Å². The predicted octanol–water partition coefficient (Wildman–Crippen LogP) is 14.2. The Kier molecular flexibility index (Phi) is 6.36. The van der Waals surface area contributed by atoms with Gasteiger partial charge < -0.3 is 9.64 Å². The molecule has 2 aliphatic carbocycles. The average molecular weight is 716 g/mol. The van der Waals surface area contributed by atoms with Crippen LogP contribution in [0.1, 0.15) is 47.2 Å². The minimum atomic E-state index is -0.628. The number of nitrogens with zero attached hydrogens (tertiary/aromatic N) is 1. The normalized spacial score (nSPS) is 16.4. The highest BCUT2D eigenvalue weighted by Crippen LogP contribution is 2.62. The van der Waals surface area contributed by atoms with E-state index in [0.29, 0.717) is 0 Å². The van der Waals surface area contributed by atoms with E-state index in [1.807, 2.05) is 0 Å². The molecule has 56 heavy (non-hydrogen) atoms. The lowest BCUT2D eigenvalue weighted by atomic mass is 9.58. The van der Waals surface area contributed by atoms with Crippen molar-refractivity contribution in [3.63, 3.8) is 0 Å². The fourth-order valence-corrected chi connectivity index (χ4v) is 10.5. The summed E-state index contributed by atoms with van der Waals surface area (Å²) in [6.07, 6.45) is 0. The summed E-state index contributed by atoms with van der Waals surface area (Å²) in [6, 6.07) is 69.5. The minimum Gasteiger partial charge on any atom is -0.457 e. The lowest BCUT2D eigenvalue weighted by Crippen LogP contribution is -2.36. The van der Waals surface area contributed by atoms with Crippen molar-refractivity contribution in [3.8, 4) is 33.8 Å². The fraction of sp³-hybridized carbons (Fsp3) is 0.0741. The van der Waals surface area contributed by atoms with Crippen LogP contribution in [-0.4, -0.2) is 0 Å². The molecule has 1 spiro atoms. The van der Waals surface area contributed by atoms with E-state index in [1.165, 1.54) is 66.1 Å². The maximum atomic E-state index is 6.93. The van der Waals surface area contributed by atoms with Gasteiger partial charge in [-0.25, -0.2) is 0 Å². The van der Waals surface area contributed by atoms with E-state index >= 15 is 0 Å². The van der Waals surface area contributed by atoms with Crippen molar-refractivity contribution in [2.75, 3.05) is 4.90 Å². The smallest absolute Gasteiger partial charge is 0.132 e. The van der Waals surface area contributed by atoms with E-state index in [2.05, 4.69) is 207 Å². The van der Waals surface area contributed by atoms with Crippen LogP contribution in [0.3, 0.4) is 0 Å². The number of rotatable bonds is 3. The van der Waals surface area contributed by atoms with Gasteiger partial charge in [-0.15, -0.1) is 0 Å². The van der Waals surface area contributed by atoms with E-state index < -0.39 is 5.41 Å². The summed E-state index contributed by atoms with van der Waals surface area (Å²) >= 11 is 0. The third-order valence-electron chi connectivity index (χ3n) is 12.9. The molecule has 0 aromatic heterocycles. The van der Waals surface area contributed by atoms with Crippen LogP contribution in [0.2, 0.25) is 0 Å². The monoisotopic (exact) mass is 715 g/mol. The van der Waals surface area contributed by atoms with E-state index in [-0.39, 0.29) is 5.41 Å². The van der Waals surface area contributed by atoms with Gasteiger partial charge in [-0.1, -0.05) is 159 Å². The Morgan fingerprint density at radius 2 is 0.946 bits per heavy atom. The lowest BCUT2D eigenvalue weighted by molar-refractivity contribution is 0.435. The minimum absolute atomic E-state index is 0.137. The van der Waals surface area contributed by atoms with Crippen LogP contribution in [0.4, 0.5) is 17.1 Å². The summed E-state index contributed by atoms with van der Waals surface area (Å²) in [5.41, 5.74) is 15.3. The molecule has 9 aromatic carbocycles. The second kappa shape index (κ2) is 11.3. The molecule has 9 aromatic rings. The highest BCUT2D eigenvalue weighted by Gasteiger charge is 2.49. The van der Waals surface area contributed by atoms with Crippen LogP contribution in [0.15, 0.2) is 188 Å². The zero-order chi connectivity index (χ0) is 37.2. The van der Waals surface area contributed by atoms with Crippen LogP contribution in [0.25, 0.3) is 43.8 Å². The van der Waals surface area contributed by atoms with Gasteiger partial charge in [-0.05, 0) is 103 Å². The molecule has 0 fully saturated rings. The molecule has 0 radical (unpaired) electrons. The summed E-state index contributed by atoms with van der Waals surface area (Å²) in [7, 11) is 0. The second-order valence-corrected chi connectivity index (χ2v) is 16.0. The summed E-state index contributed by atoms with van der Waals surface area (Å²) in [5.74, 6) is 1.77. The van der Waals surface area contributed by atoms with Crippen LogP contribution >= 0.6 is 0 Å². The van der Waals surface area contributed by atoms with Crippen LogP contribution in [0.5, 0.6) is 11.5 Å². The van der Waals surface area contributed by atoms with Gasteiger partial charge >= 0.3 is 0 Å². The van der Waals surface area contributed by atoms with Gasteiger partial charge in [0.05, 0.1) is 11.1 Å². The van der Waals surface area contributed by atoms with E-state index in [1.54, 1.807) is 0 Å². The molecule has 0 saturated carbocycles.